The van der Waals surface area contributed by atoms with Gasteiger partial charge in [-0.3, -0.25) is 4.79 Å². The highest BCUT2D eigenvalue weighted by Gasteiger charge is 2.41. The summed E-state index contributed by atoms with van der Waals surface area (Å²) in [6.07, 6.45) is 7.35. The van der Waals surface area contributed by atoms with Gasteiger partial charge in [0.05, 0.1) is 33.4 Å². The van der Waals surface area contributed by atoms with E-state index in [9.17, 15) is 9.59 Å². The van der Waals surface area contributed by atoms with E-state index < -0.39 is 12.1 Å². The summed E-state index contributed by atoms with van der Waals surface area (Å²) in [6.45, 7) is 3.24. The molecule has 0 radical (unpaired) electrons. The third-order valence-corrected chi connectivity index (χ3v) is 7.43. The Labute approximate surface area is 208 Å². The molecule has 5 rings (SSSR count). The van der Waals surface area contributed by atoms with Crippen molar-refractivity contribution >= 4 is 11.9 Å². The highest BCUT2D eigenvalue weighted by Crippen LogP contribution is 2.45. The van der Waals surface area contributed by atoms with Crippen molar-refractivity contribution in [1.29, 1.82) is 0 Å². The van der Waals surface area contributed by atoms with Gasteiger partial charge in [-0.25, -0.2) is 4.79 Å². The van der Waals surface area contributed by atoms with Crippen molar-refractivity contribution in [1.82, 2.24) is 4.90 Å². The molecular weight excluding hydrogens is 450 g/mol. The molecule has 2 bridgehead atoms. The number of esters is 1. The Bertz CT molecular complexity index is 857. The van der Waals surface area contributed by atoms with E-state index in [0.29, 0.717) is 36.8 Å². The summed E-state index contributed by atoms with van der Waals surface area (Å²) in [5.41, 5.74) is 0.845. The molecule has 1 aromatic carbocycles. The number of hydrogen-bond acceptors (Lipinski definition) is 7. The van der Waals surface area contributed by atoms with E-state index in [2.05, 4.69) is 0 Å². The average molecular weight is 490 g/mol. The van der Waals surface area contributed by atoms with Crippen molar-refractivity contribution in [2.75, 3.05) is 40.6 Å². The van der Waals surface area contributed by atoms with Gasteiger partial charge in [-0.1, -0.05) is 19.3 Å². The molecule has 3 aliphatic heterocycles. The van der Waals surface area contributed by atoms with E-state index in [4.69, 9.17) is 23.7 Å². The Balaban J connectivity index is 1.79. The van der Waals surface area contributed by atoms with E-state index in [1.54, 1.807) is 19.1 Å². The predicted octanol–water partition coefficient (Wildman–Crippen LogP) is 4.09. The third-order valence-electron chi connectivity index (χ3n) is 7.43. The lowest BCUT2D eigenvalue weighted by molar-refractivity contribution is -0.164. The standard InChI is InChI=1S/C27H39NO7/c1-18-17-33-13-14-34-25-22(31-2)15-20(16-23(25)32-3)24(19-9-5-4-6-10-19)26(29)28-12-8-7-11-21(28)27(30)35-18/h15-16,18-19,21,24H,4-14,17H2,1-3H3/t18-,21+,24+/m1/s1. The minimum atomic E-state index is -0.566. The molecule has 1 aromatic rings. The SMILES string of the molecule is COc1cc2cc(OC)c1OCCOC[C@@H](C)OC(=O)[C@@H]1CCCCN1C(=O)[C@H]2C1CCCCC1. The summed E-state index contributed by atoms with van der Waals surface area (Å²) in [6, 6.07) is 3.24. The molecule has 8 nitrogen and oxygen atoms in total. The zero-order valence-electron chi connectivity index (χ0n) is 21.3. The number of nitrogens with zero attached hydrogens (tertiary/aromatic N) is 1. The lowest BCUT2D eigenvalue weighted by Gasteiger charge is -2.39. The molecule has 0 unspecified atom stereocenters. The maximum absolute atomic E-state index is 14.3. The summed E-state index contributed by atoms with van der Waals surface area (Å²) < 4.78 is 28.7. The first-order chi connectivity index (χ1) is 17.0. The van der Waals surface area contributed by atoms with Crippen LogP contribution in [0.4, 0.5) is 0 Å². The number of piperidine rings is 1. The largest absolute Gasteiger partial charge is 0.493 e. The van der Waals surface area contributed by atoms with Crippen LogP contribution in [0.1, 0.15) is 69.8 Å². The molecule has 1 aliphatic carbocycles. The summed E-state index contributed by atoms with van der Waals surface area (Å²) in [7, 11) is 3.19. The van der Waals surface area contributed by atoms with Crippen LogP contribution in [0.5, 0.6) is 17.2 Å². The molecule has 2 fully saturated rings. The number of hydrogen-bond donors (Lipinski definition) is 0. The Morgan fingerprint density at radius 2 is 1.60 bits per heavy atom. The Morgan fingerprint density at radius 3 is 2.29 bits per heavy atom. The minimum Gasteiger partial charge on any atom is -0.493 e. The fourth-order valence-corrected chi connectivity index (χ4v) is 5.69. The molecule has 1 amide bonds. The lowest BCUT2D eigenvalue weighted by Crippen LogP contribution is -2.51. The third kappa shape index (κ3) is 5.85. The van der Waals surface area contributed by atoms with Crippen molar-refractivity contribution in [3.63, 3.8) is 0 Å². The number of amides is 1. The van der Waals surface area contributed by atoms with Gasteiger partial charge in [0, 0.05) is 6.54 Å². The van der Waals surface area contributed by atoms with Crippen LogP contribution in [0.3, 0.4) is 0 Å². The monoisotopic (exact) mass is 489 g/mol. The topological polar surface area (TPSA) is 83.5 Å². The predicted molar refractivity (Wildman–Crippen MR) is 130 cm³/mol. The molecule has 1 saturated carbocycles. The minimum absolute atomic E-state index is 0.00711. The number of methoxy groups -OCH3 is 2. The van der Waals surface area contributed by atoms with Gasteiger partial charge in [0.25, 0.3) is 0 Å². The van der Waals surface area contributed by atoms with Crippen molar-refractivity contribution in [2.24, 2.45) is 5.92 Å². The number of ether oxygens (including phenoxy) is 5. The van der Waals surface area contributed by atoms with E-state index >= 15 is 0 Å². The van der Waals surface area contributed by atoms with Gasteiger partial charge in [0.1, 0.15) is 18.8 Å². The van der Waals surface area contributed by atoms with Gasteiger partial charge in [-0.15, -0.1) is 0 Å². The van der Waals surface area contributed by atoms with E-state index in [-0.39, 0.29) is 36.9 Å². The maximum atomic E-state index is 14.3. The molecule has 0 aromatic heterocycles. The first-order valence-corrected chi connectivity index (χ1v) is 13.0. The maximum Gasteiger partial charge on any atom is 0.329 e. The van der Waals surface area contributed by atoms with Crippen LogP contribution in [-0.2, 0) is 19.1 Å². The molecule has 3 heterocycles. The highest BCUT2D eigenvalue weighted by atomic mass is 16.6. The second-order valence-corrected chi connectivity index (χ2v) is 9.84. The number of rotatable bonds is 3. The van der Waals surface area contributed by atoms with Gasteiger partial charge in [0.15, 0.2) is 11.5 Å². The molecule has 0 spiro atoms. The molecule has 3 atom stereocenters. The molecule has 35 heavy (non-hydrogen) atoms. The first-order valence-electron chi connectivity index (χ1n) is 13.0. The van der Waals surface area contributed by atoms with Crippen LogP contribution in [0.15, 0.2) is 12.1 Å². The second kappa shape index (κ2) is 12.0. The first kappa shape index (κ1) is 25.6. The summed E-state index contributed by atoms with van der Waals surface area (Å²) in [5.74, 6) is 1.03. The Hall–Kier alpha value is -2.48. The van der Waals surface area contributed by atoms with Crippen molar-refractivity contribution < 1.29 is 33.3 Å². The van der Waals surface area contributed by atoms with E-state index in [0.717, 1.165) is 44.1 Å². The summed E-state index contributed by atoms with van der Waals surface area (Å²) in [5, 5.41) is 0. The van der Waals surface area contributed by atoms with Crippen molar-refractivity contribution in [3.8, 4) is 17.2 Å². The van der Waals surface area contributed by atoms with Crippen LogP contribution >= 0.6 is 0 Å². The van der Waals surface area contributed by atoms with Crippen LogP contribution in [-0.4, -0.2) is 69.5 Å². The average Bonchev–Trinajstić information content (AvgIpc) is 2.88. The van der Waals surface area contributed by atoms with Gasteiger partial charge in [-0.05, 0) is 62.6 Å². The number of benzene rings is 1. The number of fused-ring (bicyclic) bond motifs is 10. The van der Waals surface area contributed by atoms with Gasteiger partial charge >= 0.3 is 5.97 Å². The molecule has 8 heteroatoms. The molecular formula is C27H39NO7. The van der Waals surface area contributed by atoms with Crippen LogP contribution < -0.4 is 14.2 Å². The van der Waals surface area contributed by atoms with E-state index in [1.165, 1.54) is 6.42 Å². The zero-order valence-corrected chi connectivity index (χ0v) is 21.3. The fourth-order valence-electron chi connectivity index (χ4n) is 5.69. The number of carbonyl (C=O) groups is 2. The lowest BCUT2D eigenvalue weighted by atomic mass is 9.75. The zero-order chi connectivity index (χ0) is 24.8. The van der Waals surface area contributed by atoms with Gasteiger partial charge < -0.3 is 28.6 Å². The number of carbonyl (C=O) groups excluding carboxylic acids is 2. The Kier molecular flexibility index (Phi) is 8.76. The van der Waals surface area contributed by atoms with Crippen LogP contribution in [0, 0.1) is 5.92 Å². The molecule has 4 aliphatic rings. The van der Waals surface area contributed by atoms with Crippen LogP contribution in [0.2, 0.25) is 0 Å². The summed E-state index contributed by atoms with van der Waals surface area (Å²) in [4.78, 5) is 29.2. The highest BCUT2D eigenvalue weighted by molar-refractivity contribution is 5.89. The normalized spacial score (nSPS) is 27.1. The van der Waals surface area contributed by atoms with Crippen LogP contribution in [0.25, 0.3) is 0 Å². The Morgan fingerprint density at radius 1 is 0.914 bits per heavy atom. The molecule has 194 valence electrons. The quantitative estimate of drug-likeness (QED) is 0.467. The van der Waals surface area contributed by atoms with Gasteiger partial charge in [-0.2, -0.15) is 0 Å². The molecule has 1 saturated heterocycles. The second-order valence-electron chi connectivity index (χ2n) is 9.84. The van der Waals surface area contributed by atoms with Crippen molar-refractivity contribution in [2.45, 2.75) is 76.4 Å². The van der Waals surface area contributed by atoms with Gasteiger partial charge in [0.2, 0.25) is 11.7 Å². The smallest absolute Gasteiger partial charge is 0.329 e. The summed E-state index contributed by atoms with van der Waals surface area (Å²) >= 11 is 0. The fraction of sp³-hybridized carbons (Fsp3) is 0.704. The van der Waals surface area contributed by atoms with E-state index in [1.807, 2.05) is 19.1 Å². The molecule has 0 N–H and O–H groups in total. The van der Waals surface area contributed by atoms with Crippen molar-refractivity contribution in [3.05, 3.63) is 17.7 Å².